The molecule has 0 spiro atoms. The molecule has 0 saturated heterocycles. The molecular formula is C24H21ClF5N3O5. The number of esters is 2. The number of aromatic nitrogens is 2. The van der Waals surface area contributed by atoms with Gasteiger partial charge in [-0.25, -0.2) is 28.3 Å². The van der Waals surface area contributed by atoms with Gasteiger partial charge in [0.25, 0.3) is 0 Å². The number of carbonyl (C=O) groups is 2. The topological polar surface area (TPSA) is 99.6 Å². The van der Waals surface area contributed by atoms with Crippen LogP contribution in [0.4, 0.5) is 22.0 Å². The van der Waals surface area contributed by atoms with Gasteiger partial charge >= 0.3 is 24.1 Å². The SMILES string of the molecule is COC(=O)C1=C(CF)NC(COc2ncccn2)=C(C(=O)OC(C)C)C1c1c(F)ccc(Cl)c1C(F)(F)F. The monoisotopic (exact) mass is 561 g/mol. The van der Waals surface area contributed by atoms with Gasteiger partial charge in [-0.15, -0.1) is 0 Å². The minimum absolute atomic E-state index is 0.190. The first kappa shape index (κ1) is 28.8. The summed E-state index contributed by atoms with van der Waals surface area (Å²) in [7, 11) is 0.891. The van der Waals surface area contributed by atoms with E-state index in [9.17, 15) is 27.2 Å². The number of hydrogen-bond acceptors (Lipinski definition) is 8. The van der Waals surface area contributed by atoms with Crippen molar-refractivity contribution in [3.63, 3.8) is 0 Å². The zero-order valence-corrected chi connectivity index (χ0v) is 20.9. The minimum Gasteiger partial charge on any atom is -0.466 e. The molecule has 0 aliphatic carbocycles. The van der Waals surface area contributed by atoms with E-state index in [1.165, 1.54) is 32.3 Å². The minimum atomic E-state index is -5.24. The highest BCUT2D eigenvalue weighted by molar-refractivity contribution is 6.31. The van der Waals surface area contributed by atoms with Crippen LogP contribution in [0.2, 0.25) is 5.02 Å². The van der Waals surface area contributed by atoms with E-state index in [0.717, 1.165) is 7.11 Å². The van der Waals surface area contributed by atoms with Gasteiger partial charge in [-0.05, 0) is 32.0 Å². The van der Waals surface area contributed by atoms with Crippen molar-refractivity contribution in [3.8, 4) is 6.01 Å². The van der Waals surface area contributed by atoms with Crippen LogP contribution in [0.1, 0.15) is 30.9 Å². The summed E-state index contributed by atoms with van der Waals surface area (Å²) in [5.74, 6) is -6.15. The third-order valence-corrected chi connectivity index (χ3v) is 5.55. The van der Waals surface area contributed by atoms with Crippen LogP contribution in [-0.4, -0.2) is 48.4 Å². The molecule has 14 heteroatoms. The highest BCUT2D eigenvalue weighted by atomic mass is 35.5. The molecule has 204 valence electrons. The van der Waals surface area contributed by atoms with E-state index >= 15 is 4.39 Å². The maximum Gasteiger partial charge on any atom is 0.418 e. The number of carbonyl (C=O) groups excluding carboxylic acids is 2. The maximum absolute atomic E-state index is 15.3. The third-order valence-electron chi connectivity index (χ3n) is 5.23. The molecule has 38 heavy (non-hydrogen) atoms. The molecule has 1 unspecified atom stereocenters. The molecular weight excluding hydrogens is 541 g/mol. The number of alkyl halides is 4. The number of rotatable bonds is 8. The normalized spacial score (nSPS) is 15.9. The first-order chi connectivity index (χ1) is 17.9. The lowest BCUT2D eigenvalue weighted by molar-refractivity contribution is -0.144. The predicted octanol–water partition coefficient (Wildman–Crippen LogP) is 4.66. The molecule has 0 radical (unpaired) electrons. The number of nitrogens with one attached hydrogen (secondary N) is 1. The van der Waals surface area contributed by atoms with E-state index in [1.54, 1.807) is 0 Å². The summed E-state index contributed by atoms with van der Waals surface area (Å²) in [6.07, 6.45) is -3.35. The summed E-state index contributed by atoms with van der Waals surface area (Å²) >= 11 is 5.84. The maximum atomic E-state index is 15.3. The molecule has 2 heterocycles. The summed E-state index contributed by atoms with van der Waals surface area (Å²) in [6.45, 7) is 0.874. The lowest BCUT2D eigenvalue weighted by atomic mass is 9.78. The van der Waals surface area contributed by atoms with E-state index in [4.69, 9.17) is 21.1 Å². The van der Waals surface area contributed by atoms with Crippen LogP contribution < -0.4 is 10.1 Å². The second kappa shape index (κ2) is 11.8. The van der Waals surface area contributed by atoms with Crippen molar-refractivity contribution in [2.24, 2.45) is 0 Å². The predicted molar refractivity (Wildman–Crippen MR) is 123 cm³/mol. The Morgan fingerprint density at radius 1 is 1.11 bits per heavy atom. The molecule has 0 fully saturated rings. The number of ether oxygens (including phenoxy) is 3. The second-order valence-electron chi connectivity index (χ2n) is 8.06. The van der Waals surface area contributed by atoms with Gasteiger partial charge in [-0.3, -0.25) is 0 Å². The number of allylic oxidation sites excluding steroid dienone is 1. The Bertz CT molecular complexity index is 1280. The van der Waals surface area contributed by atoms with Crippen LogP contribution in [0.3, 0.4) is 0 Å². The second-order valence-corrected chi connectivity index (χ2v) is 8.46. The lowest BCUT2D eigenvalue weighted by Crippen LogP contribution is -2.38. The van der Waals surface area contributed by atoms with E-state index in [2.05, 4.69) is 20.0 Å². The fourth-order valence-electron chi connectivity index (χ4n) is 3.82. The zero-order valence-electron chi connectivity index (χ0n) is 20.2. The van der Waals surface area contributed by atoms with Crippen LogP contribution in [0, 0.1) is 5.82 Å². The molecule has 1 aromatic heterocycles. The number of halogens is 6. The molecule has 0 bridgehead atoms. The molecule has 1 aromatic carbocycles. The number of methoxy groups -OCH3 is 1. The number of dihydropyridines is 1. The van der Waals surface area contributed by atoms with Gasteiger partial charge in [-0.2, -0.15) is 13.2 Å². The van der Waals surface area contributed by atoms with Crippen LogP contribution >= 0.6 is 11.6 Å². The Balaban J connectivity index is 2.38. The van der Waals surface area contributed by atoms with Crippen LogP contribution in [0.5, 0.6) is 6.01 Å². The average Bonchev–Trinajstić information content (AvgIpc) is 2.86. The molecule has 2 aromatic rings. The molecule has 1 aliphatic heterocycles. The number of hydrogen-bond donors (Lipinski definition) is 1. The Kier molecular flexibility index (Phi) is 8.92. The highest BCUT2D eigenvalue weighted by Gasteiger charge is 2.47. The molecule has 8 nitrogen and oxygen atoms in total. The Morgan fingerprint density at radius 2 is 1.74 bits per heavy atom. The smallest absolute Gasteiger partial charge is 0.418 e. The standard InChI is InChI=1S/C24H21ClF5N3O5/c1-11(2)38-22(35)18-15(10-37-23-31-7-4-8-32-23)33-14(9-26)17(21(34)36-3)19(18)16-13(27)6-5-12(25)20(16)24(28,29)30/h4-8,11,19,33H,9-10H2,1-3H3. The van der Waals surface area contributed by atoms with Crippen LogP contribution in [0.15, 0.2) is 53.1 Å². The lowest BCUT2D eigenvalue weighted by Gasteiger charge is -2.33. The van der Waals surface area contributed by atoms with Crippen molar-refractivity contribution in [2.45, 2.75) is 32.0 Å². The molecule has 0 amide bonds. The van der Waals surface area contributed by atoms with Crippen LogP contribution in [0.25, 0.3) is 0 Å². The van der Waals surface area contributed by atoms with Crippen molar-refractivity contribution in [1.82, 2.24) is 15.3 Å². The Hall–Kier alpha value is -3.74. The van der Waals surface area contributed by atoms with E-state index < -0.39 is 82.2 Å². The summed E-state index contributed by atoms with van der Waals surface area (Å²) < 4.78 is 87.5. The number of benzene rings is 1. The summed E-state index contributed by atoms with van der Waals surface area (Å²) in [5.41, 5.74) is -5.19. The van der Waals surface area contributed by atoms with Gasteiger partial charge in [-0.1, -0.05) is 11.6 Å². The molecule has 1 N–H and O–H groups in total. The largest absolute Gasteiger partial charge is 0.466 e. The van der Waals surface area contributed by atoms with E-state index in [1.807, 2.05) is 0 Å². The molecule has 1 aliphatic rings. The fraction of sp³-hybridized carbons (Fsp3) is 0.333. The van der Waals surface area contributed by atoms with Crippen molar-refractivity contribution in [2.75, 3.05) is 20.4 Å². The fourth-order valence-corrected chi connectivity index (χ4v) is 4.09. The molecule has 0 saturated carbocycles. The van der Waals surface area contributed by atoms with Crippen LogP contribution in [-0.2, 0) is 25.2 Å². The van der Waals surface area contributed by atoms with Gasteiger partial charge in [0.1, 0.15) is 19.1 Å². The first-order valence-electron chi connectivity index (χ1n) is 10.9. The van der Waals surface area contributed by atoms with Gasteiger partial charge < -0.3 is 19.5 Å². The van der Waals surface area contributed by atoms with Gasteiger partial charge in [0, 0.05) is 18.0 Å². The third kappa shape index (κ3) is 6.04. The quantitative estimate of drug-likeness (QED) is 0.367. The Morgan fingerprint density at radius 3 is 2.29 bits per heavy atom. The van der Waals surface area contributed by atoms with Crippen molar-refractivity contribution >= 4 is 23.5 Å². The summed E-state index contributed by atoms with van der Waals surface area (Å²) in [4.78, 5) is 33.8. The van der Waals surface area contributed by atoms with Crippen molar-refractivity contribution in [3.05, 3.63) is 75.1 Å². The van der Waals surface area contributed by atoms with E-state index in [-0.39, 0.29) is 11.7 Å². The average molecular weight is 562 g/mol. The van der Waals surface area contributed by atoms with Gasteiger partial charge in [0.2, 0.25) is 0 Å². The van der Waals surface area contributed by atoms with E-state index in [0.29, 0.717) is 12.1 Å². The molecule has 1 atom stereocenters. The van der Waals surface area contributed by atoms with Gasteiger partial charge in [0.05, 0.1) is 52.3 Å². The summed E-state index contributed by atoms with van der Waals surface area (Å²) in [6, 6.07) is 2.61. The van der Waals surface area contributed by atoms with Crippen molar-refractivity contribution < 1.29 is 45.8 Å². The number of nitrogens with zero attached hydrogens (tertiary/aromatic N) is 2. The first-order valence-corrected chi connectivity index (χ1v) is 11.3. The summed E-state index contributed by atoms with van der Waals surface area (Å²) in [5, 5.41) is 1.59. The van der Waals surface area contributed by atoms with Gasteiger partial charge in [0.15, 0.2) is 0 Å². The van der Waals surface area contributed by atoms with Crippen molar-refractivity contribution in [1.29, 1.82) is 0 Å². The molecule has 3 rings (SSSR count). The highest BCUT2D eigenvalue weighted by Crippen LogP contribution is 2.48. The zero-order chi connectivity index (χ0) is 28.2. The Labute approximate surface area is 218 Å².